The number of piperidine rings is 1. The lowest BCUT2D eigenvalue weighted by Gasteiger charge is -2.22. The summed E-state index contributed by atoms with van der Waals surface area (Å²) in [6, 6.07) is 0.674. The van der Waals surface area contributed by atoms with E-state index >= 15 is 0 Å². The molecule has 6 heteroatoms. The summed E-state index contributed by atoms with van der Waals surface area (Å²) < 4.78 is 1.92. The third-order valence-electron chi connectivity index (χ3n) is 3.69. The number of nitrogens with one attached hydrogen (secondary N) is 1. The van der Waals surface area contributed by atoms with Crippen molar-refractivity contribution in [3.8, 4) is 0 Å². The predicted molar refractivity (Wildman–Crippen MR) is 76.7 cm³/mol. The Bertz CT molecular complexity index is 538. The van der Waals surface area contributed by atoms with Gasteiger partial charge in [0, 0.05) is 18.4 Å². The molecular formula is C13H21N5S. The van der Waals surface area contributed by atoms with Crippen LogP contribution >= 0.6 is 11.3 Å². The molecule has 0 spiro atoms. The Morgan fingerprint density at radius 1 is 1.37 bits per heavy atom. The molecule has 104 valence electrons. The first-order valence-corrected chi connectivity index (χ1v) is 8.00. The van der Waals surface area contributed by atoms with Crippen LogP contribution < -0.4 is 5.32 Å². The van der Waals surface area contributed by atoms with Gasteiger partial charge in [-0.25, -0.2) is 0 Å². The van der Waals surface area contributed by atoms with Crippen LogP contribution in [0.4, 0.5) is 0 Å². The van der Waals surface area contributed by atoms with Gasteiger partial charge in [-0.1, -0.05) is 31.6 Å². The topological polar surface area (TPSA) is 55.1 Å². The van der Waals surface area contributed by atoms with Crippen LogP contribution in [0.25, 0.3) is 4.96 Å². The first kappa shape index (κ1) is 13.0. The molecule has 1 aliphatic rings. The number of fused-ring (bicyclic) bond motifs is 1. The van der Waals surface area contributed by atoms with E-state index in [1.54, 1.807) is 11.3 Å². The third-order valence-corrected chi connectivity index (χ3v) is 4.65. The molecule has 0 aliphatic carbocycles. The maximum Gasteiger partial charge on any atom is 0.234 e. The summed E-state index contributed by atoms with van der Waals surface area (Å²) in [5.41, 5.74) is 0. The molecule has 2 aromatic heterocycles. The fraction of sp³-hybridized carbons (Fsp3) is 0.769. The fourth-order valence-corrected chi connectivity index (χ4v) is 3.46. The van der Waals surface area contributed by atoms with Gasteiger partial charge in [0.25, 0.3) is 0 Å². The van der Waals surface area contributed by atoms with E-state index in [9.17, 15) is 0 Å². The van der Waals surface area contributed by atoms with E-state index in [2.05, 4.69) is 34.5 Å². The van der Waals surface area contributed by atoms with Gasteiger partial charge in [-0.15, -0.1) is 10.2 Å². The average molecular weight is 279 g/mol. The van der Waals surface area contributed by atoms with Gasteiger partial charge in [-0.3, -0.25) is 0 Å². The zero-order valence-corrected chi connectivity index (χ0v) is 12.4. The van der Waals surface area contributed by atoms with Gasteiger partial charge in [0.2, 0.25) is 4.96 Å². The van der Waals surface area contributed by atoms with Crippen LogP contribution in [0, 0.1) is 0 Å². The Balaban J connectivity index is 1.67. The summed E-state index contributed by atoms with van der Waals surface area (Å²) in [6.07, 6.45) is 6.22. The van der Waals surface area contributed by atoms with Gasteiger partial charge < -0.3 is 5.32 Å². The summed E-state index contributed by atoms with van der Waals surface area (Å²) in [4.78, 5) is 0.926. The van der Waals surface area contributed by atoms with Gasteiger partial charge in [-0.2, -0.15) is 9.61 Å². The Morgan fingerprint density at radius 3 is 3.00 bits per heavy atom. The monoisotopic (exact) mass is 279 g/mol. The highest BCUT2D eigenvalue weighted by Crippen LogP contribution is 2.20. The Labute approximate surface area is 117 Å². The van der Waals surface area contributed by atoms with E-state index in [0.29, 0.717) is 12.0 Å². The molecule has 0 saturated carbocycles. The van der Waals surface area contributed by atoms with Crippen molar-refractivity contribution in [1.29, 1.82) is 0 Å². The van der Waals surface area contributed by atoms with E-state index in [-0.39, 0.29) is 0 Å². The number of aryl methyl sites for hydroxylation is 1. The van der Waals surface area contributed by atoms with Crippen molar-refractivity contribution in [3.63, 3.8) is 0 Å². The Morgan fingerprint density at radius 2 is 2.26 bits per heavy atom. The largest absolute Gasteiger partial charge is 0.314 e. The third kappa shape index (κ3) is 2.79. The molecule has 1 saturated heterocycles. The summed E-state index contributed by atoms with van der Waals surface area (Å²) in [5.74, 6) is 1.33. The zero-order chi connectivity index (χ0) is 13.2. The summed E-state index contributed by atoms with van der Waals surface area (Å²) in [6.45, 7) is 5.43. The SMILES string of the molecule is CC(C)c1nnc2sc(CCC3CCCCN3)nn12. The molecule has 1 N–H and O–H groups in total. The quantitative estimate of drug-likeness (QED) is 0.933. The Hall–Kier alpha value is -1.01. The van der Waals surface area contributed by atoms with Gasteiger partial charge in [0.05, 0.1) is 0 Å². The fourth-order valence-electron chi connectivity index (χ4n) is 2.60. The van der Waals surface area contributed by atoms with E-state index in [1.807, 2.05) is 4.52 Å². The highest BCUT2D eigenvalue weighted by Gasteiger charge is 2.16. The number of aromatic nitrogens is 4. The molecule has 0 radical (unpaired) electrons. The van der Waals surface area contributed by atoms with Gasteiger partial charge in [0.15, 0.2) is 5.82 Å². The smallest absolute Gasteiger partial charge is 0.234 e. The second kappa shape index (κ2) is 5.54. The summed E-state index contributed by atoms with van der Waals surface area (Å²) >= 11 is 1.67. The van der Waals surface area contributed by atoms with Gasteiger partial charge in [0.1, 0.15) is 5.01 Å². The molecule has 2 aromatic rings. The molecule has 1 atom stereocenters. The van der Waals surface area contributed by atoms with Crippen LogP contribution in [0.3, 0.4) is 0 Å². The molecule has 3 rings (SSSR count). The van der Waals surface area contributed by atoms with Crippen LogP contribution in [0.15, 0.2) is 0 Å². The Kier molecular flexibility index (Phi) is 3.79. The van der Waals surface area contributed by atoms with Gasteiger partial charge >= 0.3 is 0 Å². The second-order valence-electron chi connectivity index (χ2n) is 5.59. The van der Waals surface area contributed by atoms with Crippen molar-refractivity contribution in [2.45, 2.75) is 57.9 Å². The highest BCUT2D eigenvalue weighted by molar-refractivity contribution is 7.16. The number of nitrogens with zero attached hydrogens (tertiary/aromatic N) is 4. The van der Waals surface area contributed by atoms with Crippen molar-refractivity contribution in [1.82, 2.24) is 25.1 Å². The number of hydrogen-bond donors (Lipinski definition) is 1. The standard InChI is InChI=1S/C13H21N5S/c1-9(2)12-15-16-13-18(12)17-11(19-13)7-6-10-5-3-4-8-14-10/h9-10,14H,3-8H2,1-2H3. The van der Waals surface area contributed by atoms with Crippen molar-refractivity contribution >= 4 is 16.3 Å². The van der Waals surface area contributed by atoms with Gasteiger partial charge in [-0.05, 0) is 25.8 Å². The molecule has 0 bridgehead atoms. The lowest BCUT2D eigenvalue weighted by Crippen LogP contribution is -2.34. The predicted octanol–water partition coefficient (Wildman–Crippen LogP) is 2.38. The van der Waals surface area contributed by atoms with E-state index in [4.69, 9.17) is 0 Å². The lowest BCUT2D eigenvalue weighted by molar-refractivity contribution is 0.382. The van der Waals surface area contributed by atoms with Crippen LogP contribution in [0.5, 0.6) is 0 Å². The minimum Gasteiger partial charge on any atom is -0.314 e. The average Bonchev–Trinajstić information content (AvgIpc) is 2.96. The van der Waals surface area contributed by atoms with Crippen LogP contribution in [0.1, 0.15) is 56.3 Å². The molecule has 5 nitrogen and oxygen atoms in total. The molecule has 1 fully saturated rings. The van der Waals surface area contributed by atoms with Crippen molar-refractivity contribution in [2.24, 2.45) is 0 Å². The maximum absolute atomic E-state index is 4.66. The maximum atomic E-state index is 4.66. The van der Waals surface area contributed by atoms with E-state index in [0.717, 1.165) is 17.2 Å². The molecule has 3 heterocycles. The lowest BCUT2D eigenvalue weighted by atomic mass is 10.0. The highest BCUT2D eigenvalue weighted by atomic mass is 32.1. The van der Waals surface area contributed by atoms with Crippen LogP contribution in [-0.2, 0) is 6.42 Å². The zero-order valence-electron chi connectivity index (χ0n) is 11.6. The first-order valence-electron chi connectivity index (χ1n) is 7.18. The molecular weight excluding hydrogens is 258 g/mol. The van der Waals surface area contributed by atoms with Crippen molar-refractivity contribution in [3.05, 3.63) is 10.8 Å². The minimum absolute atomic E-state index is 0.366. The normalized spacial score (nSPS) is 20.5. The summed E-state index contributed by atoms with van der Waals surface area (Å²) in [7, 11) is 0. The van der Waals surface area contributed by atoms with E-state index < -0.39 is 0 Å². The molecule has 1 unspecified atom stereocenters. The van der Waals surface area contributed by atoms with Crippen molar-refractivity contribution < 1.29 is 0 Å². The van der Waals surface area contributed by atoms with Crippen LogP contribution in [0.2, 0.25) is 0 Å². The second-order valence-corrected chi connectivity index (χ2v) is 6.63. The molecule has 19 heavy (non-hydrogen) atoms. The molecule has 0 aromatic carbocycles. The first-order chi connectivity index (χ1) is 9.24. The van der Waals surface area contributed by atoms with E-state index in [1.165, 1.54) is 37.2 Å². The van der Waals surface area contributed by atoms with Crippen LogP contribution in [-0.4, -0.2) is 32.4 Å². The number of hydrogen-bond acceptors (Lipinski definition) is 5. The molecule has 0 amide bonds. The molecule has 1 aliphatic heterocycles. The summed E-state index contributed by atoms with van der Waals surface area (Å²) in [5, 5.41) is 17.8. The minimum atomic E-state index is 0.366. The van der Waals surface area contributed by atoms with Crippen molar-refractivity contribution in [2.75, 3.05) is 6.54 Å². The number of rotatable bonds is 4.